The lowest BCUT2D eigenvalue weighted by molar-refractivity contribution is 0.00578. The first-order valence-corrected chi connectivity index (χ1v) is 8.28. The minimum atomic E-state index is -0.462. The molecule has 0 N–H and O–H groups in total. The molecule has 0 aliphatic carbocycles. The van der Waals surface area contributed by atoms with Gasteiger partial charge in [-0.2, -0.15) is 0 Å². The monoisotopic (exact) mass is 318 g/mol. The molecule has 23 heavy (non-hydrogen) atoms. The van der Waals surface area contributed by atoms with Gasteiger partial charge in [0.05, 0.1) is 23.9 Å². The standard InChI is InChI=1S/C18H27BO4/c1-7-8-9-13-10-11-14(16(20)21-6)12-15(13)19-22-17(2,3)18(4,5)23-19/h10-12H,7-9H2,1-6H3. The van der Waals surface area contributed by atoms with E-state index in [4.69, 9.17) is 14.0 Å². The van der Waals surface area contributed by atoms with Gasteiger partial charge in [-0.15, -0.1) is 0 Å². The number of methoxy groups -OCH3 is 1. The van der Waals surface area contributed by atoms with Gasteiger partial charge in [-0.25, -0.2) is 4.79 Å². The average molecular weight is 318 g/mol. The summed E-state index contributed by atoms with van der Waals surface area (Å²) in [4.78, 5) is 11.9. The van der Waals surface area contributed by atoms with Crippen molar-refractivity contribution in [1.29, 1.82) is 0 Å². The van der Waals surface area contributed by atoms with Crippen LogP contribution in [0.4, 0.5) is 0 Å². The fourth-order valence-corrected chi connectivity index (χ4v) is 2.62. The number of esters is 1. The van der Waals surface area contributed by atoms with Crippen LogP contribution in [0, 0.1) is 0 Å². The Morgan fingerprint density at radius 2 is 1.78 bits per heavy atom. The molecule has 2 rings (SSSR count). The van der Waals surface area contributed by atoms with Crippen LogP contribution in [0.15, 0.2) is 18.2 Å². The van der Waals surface area contributed by atoms with Crippen molar-refractivity contribution in [1.82, 2.24) is 0 Å². The molecule has 1 fully saturated rings. The average Bonchev–Trinajstić information content (AvgIpc) is 2.72. The predicted octanol–water partition coefficient (Wildman–Crippen LogP) is 3.12. The van der Waals surface area contributed by atoms with E-state index in [-0.39, 0.29) is 5.97 Å². The van der Waals surface area contributed by atoms with Crippen LogP contribution in [0.3, 0.4) is 0 Å². The van der Waals surface area contributed by atoms with Crippen LogP contribution >= 0.6 is 0 Å². The van der Waals surface area contributed by atoms with Crippen LogP contribution in [0.25, 0.3) is 0 Å². The summed E-state index contributed by atoms with van der Waals surface area (Å²) in [7, 11) is 0.929. The number of hydrogen-bond donors (Lipinski definition) is 0. The Morgan fingerprint density at radius 1 is 1.17 bits per heavy atom. The zero-order valence-corrected chi connectivity index (χ0v) is 15.1. The fraction of sp³-hybridized carbons (Fsp3) is 0.611. The van der Waals surface area contributed by atoms with Gasteiger partial charge >= 0.3 is 13.1 Å². The molecular formula is C18H27BO4. The highest BCUT2D eigenvalue weighted by atomic mass is 16.7. The summed E-state index contributed by atoms with van der Waals surface area (Å²) in [6, 6.07) is 5.65. The summed E-state index contributed by atoms with van der Waals surface area (Å²) in [6.07, 6.45) is 3.14. The summed E-state index contributed by atoms with van der Waals surface area (Å²) >= 11 is 0. The highest BCUT2D eigenvalue weighted by Crippen LogP contribution is 2.36. The minimum Gasteiger partial charge on any atom is -0.465 e. The van der Waals surface area contributed by atoms with Gasteiger partial charge in [-0.1, -0.05) is 19.4 Å². The molecule has 5 heteroatoms. The molecule has 0 amide bonds. The molecule has 0 unspecified atom stereocenters. The molecule has 0 bridgehead atoms. The first kappa shape index (κ1) is 18.0. The zero-order chi connectivity index (χ0) is 17.3. The third kappa shape index (κ3) is 3.61. The molecule has 1 aliphatic rings. The predicted molar refractivity (Wildman–Crippen MR) is 92.1 cm³/mol. The van der Waals surface area contributed by atoms with Crippen LogP contribution in [0.1, 0.15) is 63.4 Å². The normalized spacial score (nSPS) is 19.0. The van der Waals surface area contributed by atoms with Crippen molar-refractivity contribution in [3.63, 3.8) is 0 Å². The Balaban J connectivity index is 2.39. The van der Waals surface area contributed by atoms with Crippen LogP contribution in [-0.4, -0.2) is 31.4 Å². The van der Waals surface area contributed by atoms with E-state index in [0.29, 0.717) is 5.56 Å². The molecule has 0 saturated carbocycles. The lowest BCUT2D eigenvalue weighted by Crippen LogP contribution is -2.41. The van der Waals surface area contributed by atoms with Crippen molar-refractivity contribution in [2.24, 2.45) is 0 Å². The van der Waals surface area contributed by atoms with Gasteiger partial charge in [0, 0.05) is 0 Å². The second kappa shape index (κ2) is 6.66. The minimum absolute atomic E-state index is 0.343. The lowest BCUT2D eigenvalue weighted by Gasteiger charge is -2.32. The summed E-state index contributed by atoms with van der Waals surface area (Å²) in [6.45, 7) is 10.3. The third-order valence-electron chi connectivity index (χ3n) is 4.87. The van der Waals surface area contributed by atoms with E-state index in [1.54, 1.807) is 0 Å². The number of ether oxygens (including phenoxy) is 1. The first-order valence-electron chi connectivity index (χ1n) is 8.28. The van der Waals surface area contributed by atoms with Crippen LogP contribution < -0.4 is 5.46 Å². The Hall–Kier alpha value is -1.33. The number of rotatable bonds is 5. The maximum absolute atomic E-state index is 11.9. The molecule has 4 nitrogen and oxygen atoms in total. The van der Waals surface area contributed by atoms with E-state index >= 15 is 0 Å². The molecule has 0 radical (unpaired) electrons. The van der Waals surface area contributed by atoms with E-state index in [2.05, 4.69) is 6.92 Å². The van der Waals surface area contributed by atoms with Gasteiger partial charge in [-0.05, 0) is 63.7 Å². The summed E-state index contributed by atoms with van der Waals surface area (Å²) in [5.74, 6) is -0.343. The van der Waals surface area contributed by atoms with Gasteiger partial charge in [-0.3, -0.25) is 0 Å². The summed E-state index contributed by atoms with van der Waals surface area (Å²) in [5.41, 5.74) is 1.82. The lowest BCUT2D eigenvalue weighted by atomic mass is 9.74. The molecule has 126 valence electrons. The Bertz CT molecular complexity index is 564. The number of carbonyl (C=O) groups excluding carboxylic acids is 1. The number of unbranched alkanes of at least 4 members (excludes halogenated alkanes) is 1. The van der Waals surface area contributed by atoms with Crippen molar-refractivity contribution in [2.45, 2.75) is 65.1 Å². The molecular weight excluding hydrogens is 291 g/mol. The van der Waals surface area contributed by atoms with Gasteiger partial charge in [0.1, 0.15) is 0 Å². The molecule has 1 heterocycles. The number of benzene rings is 1. The highest BCUT2D eigenvalue weighted by Gasteiger charge is 2.52. The maximum atomic E-state index is 11.9. The van der Waals surface area contributed by atoms with E-state index in [1.165, 1.54) is 7.11 Å². The molecule has 0 aromatic heterocycles. The van der Waals surface area contributed by atoms with Crippen molar-refractivity contribution in [3.05, 3.63) is 29.3 Å². The second-order valence-corrected chi connectivity index (χ2v) is 7.10. The maximum Gasteiger partial charge on any atom is 0.495 e. The SMILES string of the molecule is CCCCc1ccc(C(=O)OC)cc1B1OC(C)(C)C(C)(C)O1. The number of hydrogen-bond acceptors (Lipinski definition) is 4. The van der Waals surface area contributed by atoms with Crippen molar-refractivity contribution in [2.75, 3.05) is 7.11 Å². The van der Waals surface area contributed by atoms with Crippen LogP contribution in [-0.2, 0) is 20.5 Å². The van der Waals surface area contributed by atoms with Gasteiger partial charge < -0.3 is 14.0 Å². The third-order valence-corrected chi connectivity index (χ3v) is 4.87. The van der Waals surface area contributed by atoms with Gasteiger partial charge in [0.15, 0.2) is 0 Å². The zero-order valence-electron chi connectivity index (χ0n) is 15.1. The van der Waals surface area contributed by atoms with Crippen molar-refractivity contribution >= 4 is 18.6 Å². The van der Waals surface area contributed by atoms with E-state index in [1.807, 2.05) is 45.9 Å². The van der Waals surface area contributed by atoms with E-state index in [9.17, 15) is 4.79 Å². The largest absolute Gasteiger partial charge is 0.495 e. The number of aryl methyl sites for hydroxylation is 1. The van der Waals surface area contributed by atoms with Crippen molar-refractivity contribution < 1.29 is 18.8 Å². The Kier molecular flexibility index (Phi) is 5.22. The summed E-state index contributed by atoms with van der Waals surface area (Å²) < 4.78 is 17.2. The van der Waals surface area contributed by atoms with E-state index in [0.717, 1.165) is 30.3 Å². The van der Waals surface area contributed by atoms with Crippen LogP contribution in [0.2, 0.25) is 0 Å². The van der Waals surface area contributed by atoms with Crippen LogP contribution in [0.5, 0.6) is 0 Å². The first-order chi connectivity index (χ1) is 10.7. The molecule has 1 saturated heterocycles. The molecule has 1 aromatic carbocycles. The Morgan fingerprint density at radius 3 is 2.30 bits per heavy atom. The molecule has 0 spiro atoms. The van der Waals surface area contributed by atoms with Gasteiger partial charge in [0.2, 0.25) is 0 Å². The quantitative estimate of drug-likeness (QED) is 0.618. The smallest absolute Gasteiger partial charge is 0.465 e. The molecule has 1 aliphatic heterocycles. The van der Waals surface area contributed by atoms with E-state index < -0.39 is 18.3 Å². The number of carbonyl (C=O) groups is 1. The Labute approximate surface area is 139 Å². The topological polar surface area (TPSA) is 44.8 Å². The highest BCUT2D eigenvalue weighted by molar-refractivity contribution is 6.62. The van der Waals surface area contributed by atoms with Gasteiger partial charge in [0.25, 0.3) is 0 Å². The summed E-state index contributed by atoms with van der Waals surface area (Å²) in [5, 5.41) is 0. The molecule has 1 aromatic rings. The molecule has 0 atom stereocenters. The second-order valence-electron chi connectivity index (χ2n) is 7.10. The van der Waals surface area contributed by atoms with Crippen molar-refractivity contribution in [3.8, 4) is 0 Å². The fourth-order valence-electron chi connectivity index (χ4n) is 2.62.